The molecule has 0 saturated carbocycles. The molecule has 0 aliphatic heterocycles. The van der Waals surface area contributed by atoms with Gasteiger partial charge in [0.15, 0.2) is 0 Å². The number of anilines is 1. The average Bonchev–Trinajstić information content (AvgIpc) is 2.87. The Morgan fingerprint density at radius 3 is 2.10 bits per heavy atom. The highest BCUT2D eigenvalue weighted by Crippen LogP contribution is 2.31. The molecule has 1 N–H and O–H groups in total. The Hall–Kier alpha value is -3.07. The van der Waals surface area contributed by atoms with Gasteiger partial charge in [0.05, 0.1) is 10.6 Å². The van der Waals surface area contributed by atoms with Gasteiger partial charge in [-0.15, -0.1) is 0 Å². The lowest BCUT2D eigenvalue weighted by Gasteiger charge is -2.34. The minimum atomic E-state index is -4.18. The van der Waals surface area contributed by atoms with Crippen LogP contribution in [0.5, 0.6) is 0 Å². The van der Waals surface area contributed by atoms with Crippen molar-refractivity contribution in [2.75, 3.05) is 10.8 Å². The molecule has 3 aromatic carbocycles. The van der Waals surface area contributed by atoms with E-state index in [1.165, 1.54) is 17.0 Å². The number of carbonyl (C=O) groups is 2. The monoisotopic (exact) mass is 589 g/mol. The van der Waals surface area contributed by atoms with Gasteiger partial charge in [-0.3, -0.25) is 13.9 Å². The summed E-state index contributed by atoms with van der Waals surface area (Å²) >= 11 is 12.7. The second kappa shape index (κ2) is 12.4. The van der Waals surface area contributed by atoms with Crippen molar-refractivity contribution in [2.24, 2.45) is 0 Å². The molecule has 0 aromatic heterocycles. The van der Waals surface area contributed by atoms with E-state index in [1.54, 1.807) is 74.5 Å². The van der Waals surface area contributed by atoms with Gasteiger partial charge in [0.25, 0.3) is 10.0 Å². The van der Waals surface area contributed by atoms with E-state index in [0.29, 0.717) is 21.2 Å². The van der Waals surface area contributed by atoms with Gasteiger partial charge >= 0.3 is 0 Å². The van der Waals surface area contributed by atoms with Crippen molar-refractivity contribution in [1.82, 2.24) is 10.2 Å². The van der Waals surface area contributed by atoms with Gasteiger partial charge in [0.2, 0.25) is 11.8 Å². The minimum absolute atomic E-state index is 0.00495. The van der Waals surface area contributed by atoms with Crippen molar-refractivity contribution < 1.29 is 18.0 Å². The van der Waals surface area contributed by atoms with E-state index in [1.807, 2.05) is 20.8 Å². The molecule has 0 unspecified atom stereocenters. The predicted molar refractivity (Wildman–Crippen MR) is 157 cm³/mol. The van der Waals surface area contributed by atoms with E-state index in [9.17, 15) is 18.0 Å². The van der Waals surface area contributed by atoms with Crippen molar-refractivity contribution in [3.63, 3.8) is 0 Å². The van der Waals surface area contributed by atoms with Gasteiger partial charge in [0, 0.05) is 22.1 Å². The molecule has 3 rings (SSSR count). The number of hydrogen-bond acceptors (Lipinski definition) is 4. The van der Waals surface area contributed by atoms with Crippen LogP contribution in [0.3, 0.4) is 0 Å². The van der Waals surface area contributed by atoms with Crippen molar-refractivity contribution >= 4 is 50.7 Å². The molecule has 0 aliphatic rings. The van der Waals surface area contributed by atoms with Crippen LogP contribution in [-0.4, -0.2) is 43.3 Å². The summed E-state index contributed by atoms with van der Waals surface area (Å²) in [6, 6.07) is 18.8. The van der Waals surface area contributed by atoms with Gasteiger partial charge in [-0.1, -0.05) is 65.7 Å². The van der Waals surface area contributed by atoms with Gasteiger partial charge in [-0.2, -0.15) is 0 Å². The standard InChI is InChI=1S/C29H33Cl2N3O4S/c1-20-24(30)16-11-17-26(20)34(39(37,38)23-13-7-6-8-14-23)19-27(35)33(18-22-12-9-10-15-25(22)31)21(2)28(36)32-29(3,4)5/h6-17,21H,18-19H2,1-5H3,(H,32,36)/t21-/m1/s1. The predicted octanol–water partition coefficient (Wildman–Crippen LogP) is 5.83. The van der Waals surface area contributed by atoms with Gasteiger partial charge < -0.3 is 10.2 Å². The Kier molecular flexibility index (Phi) is 9.69. The fraction of sp³-hybridized carbons (Fsp3) is 0.310. The van der Waals surface area contributed by atoms with Crippen molar-refractivity contribution in [3.05, 3.63) is 94.0 Å². The molecule has 39 heavy (non-hydrogen) atoms. The third-order valence-corrected chi connectivity index (χ3v) is 8.63. The summed E-state index contributed by atoms with van der Waals surface area (Å²) in [5.74, 6) is -0.954. The van der Waals surface area contributed by atoms with Crippen LogP contribution in [0.4, 0.5) is 5.69 Å². The quantitative estimate of drug-likeness (QED) is 0.340. The summed E-state index contributed by atoms with van der Waals surface area (Å²) < 4.78 is 28.8. The van der Waals surface area contributed by atoms with E-state index in [0.717, 1.165) is 4.31 Å². The van der Waals surface area contributed by atoms with E-state index in [4.69, 9.17) is 23.2 Å². The van der Waals surface area contributed by atoms with Crippen molar-refractivity contribution in [2.45, 2.75) is 57.6 Å². The summed E-state index contributed by atoms with van der Waals surface area (Å²) in [5, 5.41) is 3.69. The summed E-state index contributed by atoms with van der Waals surface area (Å²) in [7, 11) is -4.18. The smallest absolute Gasteiger partial charge is 0.264 e. The molecule has 208 valence electrons. The molecule has 2 amide bonds. The molecule has 0 fully saturated rings. The van der Waals surface area contributed by atoms with Gasteiger partial charge in [-0.25, -0.2) is 8.42 Å². The minimum Gasteiger partial charge on any atom is -0.350 e. The van der Waals surface area contributed by atoms with Crippen LogP contribution in [0.25, 0.3) is 0 Å². The number of benzene rings is 3. The van der Waals surface area contributed by atoms with Gasteiger partial charge in [-0.05, 0) is 76.1 Å². The molecule has 0 bridgehead atoms. The zero-order valence-corrected chi connectivity index (χ0v) is 24.9. The second-order valence-electron chi connectivity index (χ2n) is 10.2. The molecule has 0 spiro atoms. The van der Waals surface area contributed by atoms with E-state index in [2.05, 4.69) is 5.32 Å². The maximum atomic E-state index is 14.0. The highest BCUT2D eigenvalue weighted by Gasteiger charge is 2.34. The highest BCUT2D eigenvalue weighted by molar-refractivity contribution is 7.92. The molecule has 0 aliphatic carbocycles. The number of sulfonamides is 1. The van der Waals surface area contributed by atoms with E-state index < -0.39 is 34.1 Å². The van der Waals surface area contributed by atoms with Crippen molar-refractivity contribution in [1.29, 1.82) is 0 Å². The normalized spacial score (nSPS) is 12.5. The molecule has 0 heterocycles. The molecule has 10 heteroatoms. The lowest BCUT2D eigenvalue weighted by atomic mass is 10.1. The van der Waals surface area contributed by atoms with Crippen LogP contribution in [0.15, 0.2) is 77.7 Å². The Morgan fingerprint density at radius 1 is 0.897 bits per heavy atom. The molecule has 1 atom stereocenters. The van der Waals surface area contributed by atoms with Crippen LogP contribution in [-0.2, 0) is 26.2 Å². The third-order valence-electron chi connectivity index (χ3n) is 6.08. The number of nitrogens with zero attached hydrogens (tertiary/aromatic N) is 2. The molecule has 3 aromatic rings. The number of rotatable bonds is 9. The first-order chi connectivity index (χ1) is 18.2. The molecule has 7 nitrogen and oxygen atoms in total. The molecule has 0 saturated heterocycles. The fourth-order valence-electron chi connectivity index (χ4n) is 3.97. The number of halogens is 2. The summed E-state index contributed by atoms with van der Waals surface area (Å²) in [6.07, 6.45) is 0. The van der Waals surface area contributed by atoms with Crippen molar-refractivity contribution in [3.8, 4) is 0 Å². The Labute approximate surface area is 240 Å². The van der Waals surface area contributed by atoms with Gasteiger partial charge in [0.1, 0.15) is 12.6 Å². The summed E-state index contributed by atoms with van der Waals surface area (Å²) in [4.78, 5) is 28.5. The fourth-order valence-corrected chi connectivity index (χ4v) is 5.82. The van der Waals surface area contributed by atoms with Crippen LogP contribution in [0.2, 0.25) is 10.0 Å². The number of hydrogen-bond donors (Lipinski definition) is 1. The maximum absolute atomic E-state index is 14.0. The van der Waals surface area contributed by atoms with E-state index >= 15 is 0 Å². The lowest BCUT2D eigenvalue weighted by Crippen LogP contribution is -2.54. The first-order valence-electron chi connectivity index (χ1n) is 12.4. The molecule has 0 radical (unpaired) electrons. The summed E-state index contributed by atoms with van der Waals surface area (Å²) in [6.45, 7) is 8.27. The highest BCUT2D eigenvalue weighted by atomic mass is 35.5. The number of amides is 2. The van der Waals surface area contributed by atoms with Crippen LogP contribution in [0.1, 0.15) is 38.8 Å². The second-order valence-corrected chi connectivity index (χ2v) is 12.9. The number of nitrogens with one attached hydrogen (secondary N) is 1. The average molecular weight is 591 g/mol. The Balaban J connectivity index is 2.08. The van der Waals surface area contributed by atoms with Crippen LogP contribution in [0, 0.1) is 6.92 Å². The molecular formula is C29H33Cl2N3O4S. The topological polar surface area (TPSA) is 86.8 Å². The SMILES string of the molecule is Cc1c(Cl)cccc1N(CC(=O)N(Cc1ccccc1Cl)[C@H](C)C(=O)NC(C)(C)C)S(=O)(=O)c1ccccc1. The molecular weight excluding hydrogens is 557 g/mol. The van der Waals surface area contributed by atoms with Crippen LogP contribution >= 0.6 is 23.2 Å². The zero-order valence-electron chi connectivity index (χ0n) is 22.6. The summed E-state index contributed by atoms with van der Waals surface area (Å²) in [5.41, 5.74) is 0.858. The third kappa shape index (κ3) is 7.53. The zero-order chi connectivity index (χ0) is 29.0. The number of carbonyl (C=O) groups excluding carboxylic acids is 2. The largest absolute Gasteiger partial charge is 0.350 e. The Morgan fingerprint density at radius 2 is 1.49 bits per heavy atom. The van der Waals surface area contributed by atoms with E-state index in [-0.39, 0.29) is 23.0 Å². The first-order valence-corrected chi connectivity index (χ1v) is 14.6. The lowest BCUT2D eigenvalue weighted by molar-refractivity contribution is -0.140. The first kappa shape index (κ1) is 30.5. The van der Waals surface area contributed by atoms with Crippen LogP contribution < -0.4 is 9.62 Å². The maximum Gasteiger partial charge on any atom is 0.264 e. The Bertz CT molecular complexity index is 1440.